The Hall–Kier alpha value is -2.54. The van der Waals surface area contributed by atoms with Gasteiger partial charge in [-0.05, 0) is 17.7 Å². The van der Waals surface area contributed by atoms with Gasteiger partial charge in [-0.15, -0.1) is 0 Å². The van der Waals surface area contributed by atoms with Gasteiger partial charge in [0.25, 0.3) is 5.79 Å². The third-order valence-corrected chi connectivity index (χ3v) is 8.26. The lowest BCUT2D eigenvalue weighted by Crippen LogP contribution is -2.89. The maximum Gasteiger partial charge on any atom is 0.259 e. The average molecular weight is 444 g/mol. The van der Waals surface area contributed by atoms with E-state index in [1.807, 2.05) is 36.4 Å². The summed E-state index contributed by atoms with van der Waals surface area (Å²) in [6.07, 6.45) is 3.32. The summed E-state index contributed by atoms with van der Waals surface area (Å²) in [5.74, 6) is -4.83. The van der Waals surface area contributed by atoms with E-state index in [0.717, 1.165) is 5.56 Å². The zero-order valence-electron chi connectivity index (χ0n) is 17.8. The Morgan fingerprint density at radius 2 is 1.39 bits per heavy atom. The molecule has 0 aromatic heterocycles. The minimum atomic E-state index is -4.31. The van der Waals surface area contributed by atoms with Gasteiger partial charge in [0.2, 0.25) is 20.4 Å². The standard InChI is InChI=1S/C23H25NO6S/c1-27-22(28-2)20(16-15-18-11-7-5-8-12-18)21(17-24,23(22,29-3)30-4)31(25,26)19-13-9-6-10-14-19/h5-16,20H,1-4H3/b16-15+/t20-,21-/m1/s1. The van der Waals surface area contributed by atoms with Gasteiger partial charge < -0.3 is 18.9 Å². The summed E-state index contributed by atoms with van der Waals surface area (Å²) >= 11 is 0. The van der Waals surface area contributed by atoms with Crippen LogP contribution in [0, 0.1) is 17.2 Å². The third-order valence-electron chi connectivity index (χ3n) is 5.90. The fourth-order valence-corrected chi connectivity index (χ4v) is 6.74. The van der Waals surface area contributed by atoms with Crippen LogP contribution in [0.15, 0.2) is 71.6 Å². The van der Waals surface area contributed by atoms with Crippen molar-refractivity contribution in [3.8, 4) is 6.07 Å². The van der Waals surface area contributed by atoms with Gasteiger partial charge in [0.15, 0.2) is 0 Å². The second-order valence-corrected chi connectivity index (χ2v) is 9.13. The lowest BCUT2D eigenvalue weighted by molar-refractivity contribution is -0.463. The lowest BCUT2D eigenvalue weighted by Gasteiger charge is -2.65. The van der Waals surface area contributed by atoms with E-state index in [1.54, 1.807) is 30.4 Å². The highest BCUT2D eigenvalue weighted by Gasteiger charge is 2.89. The molecule has 0 amide bonds. The highest BCUT2D eigenvalue weighted by Crippen LogP contribution is 2.64. The number of ether oxygens (including phenoxy) is 4. The first kappa shape index (κ1) is 23.1. The van der Waals surface area contributed by atoms with Crippen LogP contribution in [0.3, 0.4) is 0 Å². The topological polar surface area (TPSA) is 94.9 Å². The fourth-order valence-electron chi connectivity index (χ4n) is 4.50. The Morgan fingerprint density at radius 3 is 1.84 bits per heavy atom. The number of hydrogen-bond acceptors (Lipinski definition) is 7. The molecule has 1 fully saturated rings. The first-order valence-corrected chi connectivity index (χ1v) is 11.0. The molecule has 1 aliphatic rings. The van der Waals surface area contributed by atoms with Crippen molar-refractivity contribution in [2.45, 2.75) is 21.2 Å². The summed E-state index contributed by atoms with van der Waals surface area (Å²) in [5, 5.41) is 10.4. The number of rotatable bonds is 8. The van der Waals surface area contributed by atoms with E-state index in [0.29, 0.717) is 0 Å². The number of methoxy groups -OCH3 is 4. The van der Waals surface area contributed by atoms with E-state index < -0.39 is 32.1 Å². The highest BCUT2D eigenvalue weighted by atomic mass is 32.2. The summed E-state index contributed by atoms with van der Waals surface area (Å²) < 4.78 is 48.2. The van der Waals surface area contributed by atoms with Crippen molar-refractivity contribution in [2.24, 2.45) is 5.92 Å². The zero-order chi connectivity index (χ0) is 22.8. The molecule has 31 heavy (non-hydrogen) atoms. The lowest BCUT2D eigenvalue weighted by atomic mass is 9.61. The summed E-state index contributed by atoms with van der Waals surface area (Å²) in [6.45, 7) is 0. The molecule has 1 saturated carbocycles. The monoisotopic (exact) mass is 443 g/mol. The van der Waals surface area contributed by atoms with Crippen molar-refractivity contribution in [1.82, 2.24) is 0 Å². The van der Waals surface area contributed by atoms with Gasteiger partial charge in [-0.25, -0.2) is 8.42 Å². The number of nitriles is 1. The van der Waals surface area contributed by atoms with E-state index >= 15 is 0 Å². The number of benzene rings is 2. The molecule has 8 heteroatoms. The maximum absolute atomic E-state index is 13.9. The van der Waals surface area contributed by atoms with Crippen LogP contribution in [0.25, 0.3) is 6.08 Å². The minimum Gasteiger partial charge on any atom is -0.348 e. The second-order valence-electron chi connectivity index (χ2n) is 7.01. The van der Waals surface area contributed by atoms with Gasteiger partial charge in [-0.3, -0.25) is 0 Å². The Kier molecular flexibility index (Phi) is 6.37. The Bertz CT molecular complexity index is 1070. The number of hydrogen-bond donors (Lipinski definition) is 0. The van der Waals surface area contributed by atoms with Crippen LogP contribution in [0.5, 0.6) is 0 Å². The molecule has 0 heterocycles. The van der Waals surface area contributed by atoms with Gasteiger partial charge in [-0.1, -0.05) is 60.7 Å². The number of nitrogens with zero attached hydrogens (tertiary/aromatic N) is 1. The van der Waals surface area contributed by atoms with E-state index in [1.165, 1.54) is 40.6 Å². The normalized spacial score (nSPS) is 24.4. The number of sulfone groups is 1. The molecule has 0 unspecified atom stereocenters. The molecule has 0 radical (unpaired) electrons. The zero-order valence-corrected chi connectivity index (χ0v) is 18.6. The molecule has 3 rings (SSSR count). The van der Waals surface area contributed by atoms with Gasteiger partial charge in [0, 0.05) is 28.4 Å². The van der Waals surface area contributed by atoms with Crippen molar-refractivity contribution in [3.05, 3.63) is 72.3 Å². The molecule has 7 nitrogen and oxygen atoms in total. The quantitative estimate of drug-likeness (QED) is 0.579. The predicted molar refractivity (Wildman–Crippen MR) is 114 cm³/mol. The average Bonchev–Trinajstić information content (AvgIpc) is 2.81. The summed E-state index contributed by atoms with van der Waals surface area (Å²) in [5.41, 5.74) is 0.819. The van der Waals surface area contributed by atoms with E-state index in [4.69, 9.17) is 18.9 Å². The van der Waals surface area contributed by atoms with Crippen LogP contribution in [0.4, 0.5) is 0 Å². The molecule has 2 aromatic rings. The largest absolute Gasteiger partial charge is 0.348 e. The summed E-state index contributed by atoms with van der Waals surface area (Å²) in [4.78, 5) is -0.0334. The van der Waals surface area contributed by atoms with Crippen molar-refractivity contribution < 1.29 is 27.4 Å². The molecule has 0 bridgehead atoms. The summed E-state index contributed by atoms with van der Waals surface area (Å²) in [7, 11) is 0.929. The van der Waals surface area contributed by atoms with Crippen molar-refractivity contribution >= 4 is 15.9 Å². The van der Waals surface area contributed by atoms with Crippen LogP contribution in [-0.4, -0.2) is 53.2 Å². The van der Waals surface area contributed by atoms with E-state index in [-0.39, 0.29) is 4.90 Å². The Morgan fingerprint density at radius 1 is 0.871 bits per heavy atom. The van der Waals surface area contributed by atoms with Crippen molar-refractivity contribution in [3.63, 3.8) is 0 Å². The molecule has 164 valence electrons. The fraction of sp³-hybridized carbons (Fsp3) is 0.348. The first-order chi connectivity index (χ1) is 14.9. The molecular weight excluding hydrogens is 418 g/mol. The third kappa shape index (κ3) is 2.89. The highest BCUT2D eigenvalue weighted by molar-refractivity contribution is 7.93. The maximum atomic E-state index is 13.9. The van der Waals surface area contributed by atoms with Gasteiger partial charge in [0.1, 0.15) is 0 Å². The van der Waals surface area contributed by atoms with E-state index in [2.05, 4.69) is 0 Å². The molecule has 2 aromatic carbocycles. The molecule has 0 N–H and O–H groups in total. The first-order valence-electron chi connectivity index (χ1n) is 9.52. The van der Waals surface area contributed by atoms with Crippen molar-refractivity contribution in [1.29, 1.82) is 5.26 Å². The van der Waals surface area contributed by atoms with Crippen LogP contribution >= 0.6 is 0 Å². The Labute approximate surface area is 182 Å². The summed E-state index contributed by atoms with van der Waals surface area (Å²) in [6, 6.07) is 19.0. The molecule has 0 saturated heterocycles. The smallest absolute Gasteiger partial charge is 0.259 e. The Balaban J connectivity index is 2.31. The molecule has 2 atom stereocenters. The SMILES string of the molecule is COC1(OC)[C@H](/C=C/c2ccccc2)[C@@](C#N)(S(=O)(=O)c2ccccc2)C1(OC)OC. The van der Waals surface area contributed by atoms with Crippen LogP contribution < -0.4 is 0 Å². The van der Waals surface area contributed by atoms with Crippen LogP contribution in [-0.2, 0) is 28.8 Å². The van der Waals surface area contributed by atoms with Gasteiger partial charge >= 0.3 is 0 Å². The molecule has 1 aliphatic carbocycles. The van der Waals surface area contributed by atoms with Crippen molar-refractivity contribution in [2.75, 3.05) is 28.4 Å². The minimum absolute atomic E-state index is 0.0334. The van der Waals surface area contributed by atoms with E-state index in [9.17, 15) is 13.7 Å². The molecule has 0 aliphatic heterocycles. The van der Waals surface area contributed by atoms with Gasteiger partial charge in [-0.2, -0.15) is 5.26 Å². The molecular formula is C23H25NO6S. The second kappa shape index (κ2) is 8.54. The van der Waals surface area contributed by atoms with Crippen LogP contribution in [0.2, 0.25) is 0 Å². The predicted octanol–water partition coefficient (Wildman–Crippen LogP) is 3.04. The van der Waals surface area contributed by atoms with Crippen LogP contribution in [0.1, 0.15) is 5.56 Å². The van der Waals surface area contributed by atoms with Gasteiger partial charge in [0.05, 0.1) is 16.9 Å². The molecule has 0 spiro atoms.